The number of aliphatic hydroxyl groups is 1. The van der Waals surface area contributed by atoms with E-state index in [1.54, 1.807) is 0 Å². The van der Waals surface area contributed by atoms with E-state index in [1.165, 1.54) is 22.9 Å². The third kappa shape index (κ3) is 8.65. The summed E-state index contributed by atoms with van der Waals surface area (Å²) in [5.74, 6) is -4.98. The minimum atomic E-state index is -4.85. The maximum absolute atomic E-state index is 13.7. The van der Waals surface area contributed by atoms with Crippen LogP contribution in [0.4, 0.5) is 35.1 Å². The van der Waals surface area contributed by atoms with Gasteiger partial charge in [0.2, 0.25) is 11.8 Å². The van der Waals surface area contributed by atoms with Gasteiger partial charge in [0.25, 0.3) is 5.91 Å². The predicted octanol–water partition coefficient (Wildman–Crippen LogP) is 4.59. The lowest BCUT2D eigenvalue weighted by atomic mass is 9.90. The second kappa shape index (κ2) is 12.2. The zero-order chi connectivity index (χ0) is 31.6. The standard InChI is InChI=1S/C25H23F8N7O3/c26-23(27)4-1-13(2-5-23)7-15(38-22(43)16-9-18(25(31,32)33)35-12-34-16)17-11-40-19(37-17)8-14(10-36-40)21(42)39-20(41)3-6-24(28,29)30/h7-12,15,21,42H,1-6H2,(H,38,43)(H,39,41)/t15?,21-/m1/s1. The van der Waals surface area contributed by atoms with Gasteiger partial charge in [0, 0.05) is 30.9 Å². The summed E-state index contributed by atoms with van der Waals surface area (Å²) in [7, 11) is 0. The summed E-state index contributed by atoms with van der Waals surface area (Å²) in [6.45, 7) is 0. The van der Waals surface area contributed by atoms with Crippen molar-refractivity contribution in [3.63, 3.8) is 0 Å². The third-order valence-electron chi connectivity index (χ3n) is 6.43. The SMILES string of the molecule is O=C(CCC(F)(F)F)N[C@H](O)c1cnn2cc(C(C=C3CCC(F)(F)CC3)NC(=O)c3cc(C(F)(F)F)ncn3)nc2c1. The van der Waals surface area contributed by atoms with Crippen LogP contribution in [-0.4, -0.2) is 53.6 Å². The van der Waals surface area contributed by atoms with Gasteiger partial charge in [-0.3, -0.25) is 9.59 Å². The fraction of sp³-hybridized carbons (Fsp3) is 0.440. The van der Waals surface area contributed by atoms with E-state index in [1.807, 2.05) is 5.32 Å². The Morgan fingerprint density at radius 3 is 2.42 bits per heavy atom. The summed E-state index contributed by atoms with van der Waals surface area (Å²) in [6, 6.07) is 0.553. The number of allylic oxidation sites excluding steroid dienone is 1. The van der Waals surface area contributed by atoms with Crippen LogP contribution in [-0.2, 0) is 11.0 Å². The summed E-state index contributed by atoms with van der Waals surface area (Å²) in [6.07, 6.45) is -9.91. The average Bonchev–Trinajstić information content (AvgIpc) is 3.35. The Bertz CT molecular complexity index is 1510. The molecule has 1 fully saturated rings. The summed E-state index contributed by atoms with van der Waals surface area (Å²) in [5, 5.41) is 18.8. The predicted molar refractivity (Wildman–Crippen MR) is 130 cm³/mol. The van der Waals surface area contributed by atoms with Crippen molar-refractivity contribution in [2.75, 3.05) is 0 Å². The van der Waals surface area contributed by atoms with Crippen LogP contribution in [0.2, 0.25) is 0 Å². The summed E-state index contributed by atoms with van der Waals surface area (Å²) in [4.78, 5) is 35.7. The molecule has 1 aliphatic rings. The van der Waals surface area contributed by atoms with E-state index >= 15 is 0 Å². The van der Waals surface area contributed by atoms with E-state index in [0.717, 1.165) is 6.20 Å². The van der Waals surface area contributed by atoms with Gasteiger partial charge in [-0.2, -0.15) is 31.4 Å². The van der Waals surface area contributed by atoms with E-state index in [-0.39, 0.29) is 29.7 Å². The lowest BCUT2D eigenvalue weighted by Gasteiger charge is -2.24. The molecule has 0 bridgehead atoms. The number of hydrogen-bond acceptors (Lipinski definition) is 7. The molecule has 1 aliphatic carbocycles. The van der Waals surface area contributed by atoms with Gasteiger partial charge in [-0.1, -0.05) is 11.6 Å². The zero-order valence-corrected chi connectivity index (χ0v) is 21.9. The van der Waals surface area contributed by atoms with Gasteiger partial charge < -0.3 is 15.7 Å². The van der Waals surface area contributed by atoms with Crippen LogP contribution in [0.15, 0.2) is 42.5 Å². The highest BCUT2D eigenvalue weighted by Gasteiger charge is 2.35. The molecular formula is C25H23F8N7O3. The van der Waals surface area contributed by atoms with E-state index in [9.17, 15) is 49.8 Å². The van der Waals surface area contributed by atoms with Crippen LogP contribution < -0.4 is 10.6 Å². The van der Waals surface area contributed by atoms with E-state index in [0.29, 0.717) is 18.0 Å². The lowest BCUT2D eigenvalue weighted by Crippen LogP contribution is -2.30. The molecule has 3 heterocycles. The van der Waals surface area contributed by atoms with E-state index in [2.05, 4.69) is 25.4 Å². The summed E-state index contributed by atoms with van der Waals surface area (Å²) >= 11 is 0. The Morgan fingerprint density at radius 1 is 1.07 bits per heavy atom. The van der Waals surface area contributed by atoms with Crippen molar-refractivity contribution in [3.8, 4) is 0 Å². The Balaban J connectivity index is 1.59. The van der Waals surface area contributed by atoms with Crippen LogP contribution in [0.5, 0.6) is 0 Å². The monoisotopic (exact) mass is 621 g/mol. The Morgan fingerprint density at radius 2 is 1.77 bits per heavy atom. The van der Waals surface area contributed by atoms with Crippen molar-refractivity contribution in [2.45, 2.75) is 69.1 Å². The molecule has 1 unspecified atom stereocenters. The summed E-state index contributed by atoms with van der Waals surface area (Å²) < 4.78 is 105. The molecule has 2 amide bonds. The number of carbonyl (C=O) groups is 2. The van der Waals surface area contributed by atoms with Crippen LogP contribution in [0.25, 0.3) is 5.65 Å². The molecule has 43 heavy (non-hydrogen) atoms. The first kappa shape index (κ1) is 31.7. The minimum Gasteiger partial charge on any atom is -0.369 e. The molecule has 1 saturated carbocycles. The van der Waals surface area contributed by atoms with Crippen LogP contribution >= 0.6 is 0 Å². The number of aliphatic hydroxyl groups excluding tert-OH is 1. The number of alkyl halides is 8. The molecule has 0 spiro atoms. The molecular weight excluding hydrogens is 598 g/mol. The van der Waals surface area contributed by atoms with Crippen LogP contribution in [0, 0.1) is 0 Å². The zero-order valence-electron chi connectivity index (χ0n) is 21.9. The number of aromatic nitrogens is 5. The van der Waals surface area contributed by atoms with Gasteiger partial charge in [-0.05, 0) is 18.9 Å². The maximum atomic E-state index is 13.7. The molecule has 3 aromatic heterocycles. The minimum absolute atomic E-state index is 0.0128. The van der Waals surface area contributed by atoms with Gasteiger partial charge in [0.1, 0.15) is 17.7 Å². The van der Waals surface area contributed by atoms with Gasteiger partial charge in [0.05, 0.1) is 30.6 Å². The van der Waals surface area contributed by atoms with Gasteiger partial charge in [0.15, 0.2) is 11.9 Å². The second-order valence-corrected chi connectivity index (χ2v) is 9.76. The van der Waals surface area contributed by atoms with Crippen molar-refractivity contribution >= 4 is 17.5 Å². The number of nitrogens with one attached hydrogen (secondary N) is 2. The van der Waals surface area contributed by atoms with Crippen molar-refractivity contribution < 1.29 is 49.8 Å². The molecule has 4 rings (SSSR count). The topological polar surface area (TPSA) is 134 Å². The Labute approximate surface area is 237 Å². The average molecular weight is 621 g/mol. The molecule has 0 aromatic carbocycles. The third-order valence-corrected chi connectivity index (χ3v) is 6.43. The molecule has 3 aromatic rings. The molecule has 0 radical (unpaired) electrons. The molecule has 18 heteroatoms. The highest BCUT2D eigenvalue weighted by atomic mass is 19.4. The molecule has 0 saturated heterocycles. The summed E-state index contributed by atoms with van der Waals surface area (Å²) in [5.41, 5.74) is -1.35. The number of imidazole rings is 1. The van der Waals surface area contributed by atoms with E-state index in [4.69, 9.17) is 0 Å². The van der Waals surface area contributed by atoms with Crippen LogP contribution in [0.3, 0.4) is 0 Å². The lowest BCUT2D eigenvalue weighted by molar-refractivity contribution is -0.145. The first-order valence-corrected chi connectivity index (χ1v) is 12.7. The van der Waals surface area contributed by atoms with Gasteiger partial charge >= 0.3 is 12.4 Å². The van der Waals surface area contributed by atoms with Gasteiger partial charge in [-0.25, -0.2) is 28.2 Å². The number of rotatable bonds is 8. The van der Waals surface area contributed by atoms with Crippen molar-refractivity contribution in [3.05, 3.63) is 65.1 Å². The smallest absolute Gasteiger partial charge is 0.369 e. The highest BCUT2D eigenvalue weighted by molar-refractivity contribution is 5.92. The number of fused-ring (bicyclic) bond motifs is 1. The number of carbonyl (C=O) groups excluding carboxylic acids is 2. The largest absolute Gasteiger partial charge is 0.433 e. The normalized spacial score (nSPS) is 16.9. The van der Waals surface area contributed by atoms with Crippen molar-refractivity contribution in [2.24, 2.45) is 0 Å². The molecule has 3 N–H and O–H groups in total. The number of amides is 2. The fourth-order valence-corrected chi connectivity index (χ4v) is 4.16. The first-order chi connectivity index (χ1) is 20.0. The number of halogens is 8. The number of nitrogens with zero attached hydrogens (tertiary/aromatic N) is 5. The van der Waals surface area contributed by atoms with Crippen LogP contribution in [0.1, 0.15) is 78.2 Å². The quantitative estimate of drug-likeness (QED) is 0.190. The molecule has 232 valence electrons. The van der Waals surface area contributed by atoms with Gasteiger partial charge in [-0.15, -0.1) is 0 Å². The number of hydrogen-bond donors (Lipinski definition) is 3. The maximum Gasteiger partial charge on any atom is 0.433 e. The van der Waals surface area contributed by atoms with Crippen molar-refractivity contribution in [1.82, 2.24) is 35.2 Å². The Kier molecular flexibility index (Phi) is 8.98. The molecule has 2 atom stereocenters. The Hall–Kier alpha value is -4.22. The fourth-order valence-electron chi connectivity index (χ4n) is 4.16. The highest BCUT2D eigenvalue weighted by Crippen LogP contribution is 2.37. The first-order valence-electron chi connectivity index (χ1n) is 12.7. The molecule has 0 aliphatic heterocycles. The second-order valence-electron chi connectivity index (χ2n) is 9.76. The van der Waals surface area contributed by atoms with E-state index < -0.39 is 79.4 Å². The van der Waals surface area contributed by atoms with Crippen molar-refractivity contribution in [1.29, 1.82) is 0 Å². The molecule has 10 nitrogen and oxygen atoms in total.